The normalized spacial score (nSPS) is 9.94. The van der Waals surface area contributed by atoms with Crippen LogP contribution in [-0.2, 0) is 4.79 Å². The number of anilines is 1. The van der Waals surface area contributed by atoms with Crippen LogP contribution in [0, 0.1) is 6.92 Å². The summed E-state index contributed by atoms with van der Waals surface area (Å²) in [5.41, 5.74) is 2.45. The van der Waals surface area contributed by atoms with Gasteiger partial charge in [-0.2, -0.15) is 0 Å². The molecule has 1 aromatic carbocycles. The number of carbonyl (C=O) groups is 1. The lowest BCUT2D eigenvalue weighted by molar-refractivity contribution is -0.111. The molecule has 0 fully saturated rings. The predicted octanol–water partition coefficient (Wildman–Crippen LogP) is 2.77. The molecular formula is C13H12N2O2. The molecule has 0 aliphatic carbocycles. The molecule has 86 valence electrons. The van der Waals surface area contributed by atoms with Gasteiger partial charge in [0.25, 0.3) is 0 Å². The van der Waals surface area contributed by atoms with Crippen molar-refractivity contribution in [2.45, 2.75) is 6.92 Å². The minimum absolute atomic E-state index is 0.227. The van der Waals surface area contributed by atoms with Gasteiger partial charge in [0.05, 0.1) is 0 Å². The van der Waals surface area contributed by atoms with Crippen molar-refractivity contribution in [2.75, 3.05) is 5.32 Å². The second-order valence-electron chi connectivity index (χ2n) is 3.52. The fourth-order valence-electron chi connectivity index (χ4n) is 1.41. The van der Waals surface area contributed by atoms with E-state index in [-0.39, 0.29) is 5.91 Å². The third-order valence-corrected chi connectivity index (χ3v) is 2.25. The average molecular weight is 228 g/mol. The maximum absolute atomic E-state index is 11.1. The van der Waals surface area contributed by atoms with Gasteiger partial charge >= 0.3 is 0 Å². The molecule has 17 heavy (non-hydrogen) atoms. The Balaban J connectivity index is 2.18. The van der Waals surface area contributed by atoms with Crippen molar-refractivity contribution in [3.05, 3.63) is 49.1 Å². The number of aryl methyl sites for hydroxylation is 1. The maximum Gasteiger partial charge on any atom is 0.247 e. The highest BCUT2D eigenvalue weighted by Crippen LogP contribution is 2.20. The lowest BCUT2D eigenvalue weighted by atomic mass is 10.1. The Bertz CT molecular complexity index is 541. The number of benzene rings is 1. The van der Waals surface area contributed by atoms with Gasteiger partial charge in [-0.05, 0) is 18.2 Å². The average Bonchev–Trinajstić information content (AvgIpc) is 2.77. The molecule has 2 rings (SSSR count). The van der Waals surface area contributed by atoms with E-state index >= 15 is 0 Å². The first-order valence-corrected chi connectivity index (χ1v) is 5.15. The zero-order valence-electron chi connectivity index (χ0n) is 9.43. The van der Waals surface area contributed by atoms with Gasteiger partial charge in [-0.15, -0.1) is 0 Å². The number of aromatic nitrogens is 1. The van der Waals surface area contributed by atoms with E-state index in [0.29, 0.717) is 5.89 Å². The smallest absolute Gasteiger partial charge is 0.247 e. The molecule has 0 saturated carbocycles. The van der Waals surface area contributed by atoms with E-state index in [1.54, 1.807) is 25.3 Å². The summed E-state index contributed by atoms with van der Waals surface area (Å²) in [6, 6.07) is 7.35. The number of carbonyl (C=O) groups excluding carboxylic acids is 1. The third kappa shape index (κ3) is 2.60. The van der Waals surface area contributed by atoms with E-state index in [2.05, 4.69) is 16.9 Å². The van der Waals surface area contributed by atoms with E-state index in [4.69, 9.17) is 4.42 Å². The predicted molar refractivity (Wildman–Crippen MR) is 65.5 cm³/mol. The van der Waals surface area contributed by atoms with E-state index in [1.807, 2.05) is 12.1 Å². The van der Waals surface area contributed by atoms with Crippen LogP contribution in [0.1, 0.15) is 5.89 Å². The van der Waals surface area contributed by atoms with Gasteiger partial charge in [0.15, 0.2) is 5.89 Å². The monoisotopic (exact) mass is 228 g/mol. The van der Waals surface area contributed by atoms with Crippen LogP contribution in [0.2, 0.25) is 0 Å². The Labute approximate surface area is 99.0 Å². The first-order chi connectivity index (χ1) is 8.19. The van der Waals surface area contributed by atoms with Crippen LogP contribution in [0.3, 0.4) is 0 Å². The lowest BCUT2D eigenvalue weighted by Crippen LogP contribution is -2.06. The standard InChI is InChI=1S/C13H12N2O2/c1-3-13(16)15-11-6-4-10(5-7-11)12-8-17-9(2)14-12/h3-8H,1H2,2H3,(H,15,16). The topological polar surface area (TPSA) is 55.1 Å². The molecule has 0 atom stereocenters. The van der Waals surface area contributed by atoms with Crippen molar-refractivity contribution in [2.24, 2.45) is 0 Å². The fraction of sp³-hybridized carbons (Fsp3) is 0.0769. The Morgan fingerprint density at radius 3 is 2.65 bits per heavy atom. The Morgan fingerprint density at radius 1 is 1.41 bits per heavy atom. The van der Waals surface area contributed by atoms with Gasteiger partial charge in [0.1, 0.15) is 12.0 Å². The van der Waals surface area contributed by atoms with Crippen molar-refractivity contribution < 1.29 is 9.21 Å². The molecule has 0 radical (unpaired) electrons. The number of rotatable bonds is 3. The van der Waals surface area contributed by atoms with Crippen LogP contribution < -0.4 is 5.32 Å². The fourth-order valence-corrected chi connectivity index (χ4v) is 1.41. The molecule has 0 bridgehead atoms. The van der Waals surface area contributed by atoms with Gasteiger partial charge in [-0.25, -0.2) is 4.98 Å². The summed E-state index contributed by atoms with van der Waals surface area (Å²) < 4.78 is 5.14. The molecule has 4 heteroatoms. The van der Waals surface area contributed by atoms with Gasteiger partial charge in [0.2, 0.25) is 5.91 Å². The number of nitrogens with one attached hydrogen (secondary N) is 1. The summed E-state index contributed by atoms with van der Waals surface area (Å²) in [5, 5.41) is 2.67. The third-order valence-electron chi connectivity index (χ3n) is 2.25. The van der Waals surface area contributed by atoms with Crippen molar-refractivity contribution >= 4 is 11.6 Å². The Morgan fingerprint density at radius 2 is 2.12 bits per heavy atom. The summed E-state index contributed by atoms with van der Waals surface area (Å²) in [7, 11) is 0. The maximum atomic E-state index is 11.1. The number of hydrogen-bond donors (Lipinski definition) is 1. The molecule has 1 aromatic heterocycles. The highest BCUT2D eigenvalue weighted by Gasteiger charge is 2.03. The van der Waals surface area contributed by atoms with E-state index in [0.717, 1.165) is 16.9 Å². The minimum Gasteiger partial charge on any atom is -0.449 e. The zero-order chi connectivity index (χ0) is 12.3. The first-order valence-electron chi connectivity index (χ1n) is 5.15. The van der Waals surface area contributed by atoms with Crippen LogP contribution in [0.5, 0.6) is 0 Å². The Kier molecular flexibility index (Phi) is 3.05. The first kappa shape index (κ1) is 11.1. The van der Waals surface area contributed by atoms with Gasteiger partial charge < -0.3 is 9.73 Å². The molecule has 2 aromatic rings. The lowest BCUT2D eigenvalue weighted by Gasteiger charge is -2.02. The van der Waals surface area contributed by atoms with Crippen LogP contribution in [0.25, 0.3) is 11.3 Å². The second kappa shape index (κ2) is 4.65. The van der Waals surface area contributed by atoms with Crippen molar-refractivity contribution in [3.63, 3.8) is 0 Å². The van der Waals surface area contributed by atoms with E-state index in [9.17, 15) is 4.79 Å². The molecule has 1 heterocycles. The van der Waals surface area contributed by atoms with Crippen molar-refractivity contribution in [1.29, 1.82) is 0 Å². The number of hydrogen-bond acceptors (Lipinski definition) is 3. The highest BCUT2D eigenvalue weighted by atomic mass is 16.3. The van der Waals surface area contributed by atoms with Gasteiger partial charge in [0, 0.05) is 18.2 Å². The molecule has 1 N–H and O–H groups in total. The SMILES string of the molecule is C=CC(=O)Nc1ccc(-c2coc(C)n2)cc1. The molecule has 0 aliphatic heterocycles. The summed E-state index contributed by atoms with van der Waals surface area (Å²) in [6.07, 6.45) is 2.83. The summed E-state index contributed by atoms with van der Waals surface area (Å²) in [6.45, 7) is 5.18. The summed E-state index contributed by atoms with van der Waals surface area (Å²) >= 11 is 0. The molecule has 1 amide bonds. The number of oxazole rings is 1. The van der Waals surface area contributed by atoms with Crippen LogP contribution in [0.15, 0.2) is 47.6 Å². The Hall–Kier alpha value is -2.36. The number of nitrogens with zero attached hydrogens (tertiary/aromatic N) is 1. The molecular weight excluding hydrogens is 216 g/mol. The zero-order valence-corrected chi connectivity index (χ0v) is 9.43. The summed E-state index contributed by atoms with van der Waals surface area (Å²) in [4.78, 5) is 15.3. The second-order valence-corrected chi connectivity index (χ2v) is 3.52. The highest BCUT2D eigenvalue weighted by molar-refractivity contribution is 5.98. The van der Waals surface area contributed by atoms with E-state index < -0.39 is 0 Å². The molecule has 0 unspecified atom stereocenters. The van der Waals surface area contributed by atoms with Gasteiger partial charge in [-0.3, -0.25) is 4.79 Å². The van der Waals surface area contributed by atoms with Gasteiger partial charge in [-0.1, -0.05) is 18.7 Å². The molecule has 0 aliphatic rings. The molecule has 0 saturated heterocycles. The quantitative estimate of drug-likeness (QED) is 0.822. The van der Waals surface area contributed by atoms with Crippen LogP contribution in [-0.4, -0.2) is 10.9 Å². The summed E-state index contributed by atoms with van der Waals surface area (Å²) in [5.74, 6) is 0.402. The van der Waals surface area contributed by atoms with E-state index in [1.165, 1.54) is 6.08 Å². The van der Waals surface area contributed by atoms with Crippen LogP contribution in [0.4, 0.5) is 5.69 Å². The largest absolute Gasteiger partial charge is 0.449 e. The molecule has 4 nitrogen and oxygen atoms in total. The number of amides is 1. The van der Waals surface area contributed by atoms with Crippen LogP contribution >= 0.6 is 0 Å². The van der Waals surface area contributed by atoms with Crippen molar-refractivity contribution in [3.8, 4) is 11.3 Å². The molecule has 0 spiro atoms. The minimum atomic E-state index is -0.227. The van der Waals surface area contributed by atoms with Crippen molar-refractivity contribution in [1.82, 2.24) is 4.98 Å².